The number of likely N-dealkylation sites (N-methyl/N-ethyl adjacent to an activating group) is 1. The topological polar surface area (TPSA) is 90.6 Å². The minimum Gasteiger partial charge on any atom is -0.493 e. The first-order valence-electron chi connectivity index (χ1n) is 10.7. The Morgan fingerprint density at radius 3 is 2.71 bits per heavy atom. The summed E-state index contributed by atoms with van der Waals surface area (Å²) in [4.78, 5) is 27.1. The summed E-state index contributed by atoms with van der Waals surface area (Å²) in [6.07, 6.45) is 3.22. The van der Waals surface area contributed by atoms with E-state index in [9.17, 15) is 9.59 Å². The zero-order valence-electron chi connectivity index (χ0n) is 18.9. The molecule has 170 valence electrons. The largest absolute Gasteiger partial charge is 0.493 e. The first-order chi connectivity index (χ1) is 14.9. The van der Waals surface area contributed by atoms with Crippen molar-refractivity contribution in [3.8, 4) is 11.5 Å². The van der Waals surface area contributed by atoms with Crippen molar-refractivity contribution in [3.05, 3.63) is 40.1 Å². The Labute approximate surface area is 182 Å². The van der Waals surface area contributed by atoms with Crippen LogP contribution in [-0.2, 0) is 30.7 Å². The van der Waals surface area contributed by atoms with Crippen LogP contribution in [0, 0.1) is 0 Å². The molecule has 1 aromatic heterocycles. The number of carbonyl (C=O) groups excluding carboxylic acids is 1. The second kappa shape index (κ2) is 10.5. The number of hydrogen-bond acceptors (Lipinski definition) is 6. The Bertz CT molecular complexity index is 950. The fourth-order valence-electron chi connectivity index (χ4n) is 3.81. The smallest absolute Gasteiger partial charge is 0.345 e. The Kier molecular flexibility index (Phi) is 7.73. The molecule has 3 rings (SSSR count). The standard InChI is InChI=1S/C22H33N5O4/c1-25(2)13-14-27-22(29)26-12-11-17(7-9-20(26)24-27)23-21(28)10-6-16-5-8-18(30-3)19(15-16)31-4/h5,8,15,17H,6-7,9-14H2,1-4H3,(H,23,28). The van der Waals surface area contributed by atoms with Gasteiger partial charge < -0.3 is 19.7 Å². The van der Waals surface area contributed by atoms with Gasteiger partial charge in [0.25, 0.3) is 0 Å². The van der Waals surface area contributed by atoms with Crippen molar-refractivity contribution in [2.45, 2.75) is 51.2 Å². The van der Waals surface area contributed by atoms with Crippen LogP contribution in [-0.4, -0.2) is 66.1 Å². The van der Waals surface area contributed by atoms with Gasteiger partial charge in [-0.3, -0.25) is 9.36 Å². The number of rotatable bonds is 9. The summed E-state index contributed by atoms with van der Waals surface area (Å²) in [6.45, 7) is 1.94. The van der Waals surface area contributed by atoms with Gasteiger partial charge in [-0.05, 0) is 51.1 Å². The molecule has 1 amide bonds. The van der Waals surface area contributed by atoms with Gasteiger partial charge in [-0.2, -0.15) is 5.10 Å². The predicted octanol–water partition coefficient (Wildman–Crippen LogP) is 1.08. The lowest BCUT2D eigenvalue weighted by molar-refractivity contribution is -0.121. The molecule has 0 saturated carbocycles. The van der Waals surface area contributed by atoms with E-state index in [1.165, 1.54) is 0 Å². The molecule has 0 saturated heterocycles. The third-order valence-corrected chi connectivity index (χ3v) is 5.63. The highest BCUT2D eigenvalue weighted by molar-refractivity contribution is 5.76. The summed E-state index contributed by atoms with van der Waals surface area (Å²) in [5, 5.41) is 7.64. The highest BCUT2D eigenvalue weighted by atomic mass is 16.5. The van der Waals surface area contributed by atoms with Crippen LogP contribution in [0.3, 0.4) is 0 Å². The van der Waals surface area contributed by atoms with Crippen LogP contribution in [0.25, 0.3) is 0 Å². The normalized spacial score (nSPS) is 16.0. The lowest BCUT2D eigenvalue weighted by atomic mass is 10.1. The van der Waals surface area contributed by atoms with E-state index >= 15 is 0 Å². The summed E-state index contributed by atoms with van der Waals surface area (Å²) in [5.41, 5.74) is 0.962. The molecule has 9 nitrogen and oxygen atoms in total. The van der Waals surface area contributed by atoms with Crippen molar-refractivity contribution in [2.75, 3.05) is 34.9 Å². The summed E-state index contributed by atoms with van der Waals surface area (Å²) in [6, 6.07) is 5.75. The SMILES string of the molecule is COc1ccc(CCC(=O)NC2CCc3nn(CCN(C)C)c(=O)n3CC2)cc1OC. The number of aryl methyl sites for hydroxylation is 2. The molecular weight excluding hydrogens is 398 g/mol. The van der Waals surface area contributed by atoms with Crippen LogP contribution >= 0.6 is 0 Å². The summed E-state index contributed by atoms with van der Waals surface area (Å²) < 4.78 is 13.9. The second-order valence-electron chi connectivity index (χ2n) is 8.16. The van der Waals surface area contributed by atoms with E-state index in [1.807, 2.05) is 37.2 Å². The highest BCUT2D eigenvalue weighted by Gasteiger charge is 2.22. The molecule has 0 fully saturated rings. The van der Waals surface area contributed by atoms with Gasteiger partial charge in [-0.15, -0.1) is 0 Å². The molecule has 31 heavy (non-hydrogen) atoms. The van der Waals surface area contributed by atoms with Gasteiger partial charge in [0.1, 0.15) is 5.82 Å². The van der Waals surface area contributed by atoms with Crippen molar-refractivity contribution in [1.29, 1.82) is 0 Å². The molecule has 0 bridgehead atoms. The fraction of sp³-hybridized carbons (Fsp3) is 0.591. The minimum absolute atomic E-state index is 0.0164. The molecule has 1 unspecified atom stereocenters. The van der Waals surface area contributed by atoms with E-state index in [0.717, 1.165) is 30.8 Å². The number of ether oxygens (including phenoxy) is 2. The van der Waals surface area contributed by atoms with Crippen LogP contribution in [0.15, 0.2) is 23.0 Å². The molecule has 0 radical (unpaired) electrons. The maximum absolute atomic E-state index is 12.6. The third-order valence-electron chi connectivity index (χ3n) is 5.63. The van der Waals surface area contributed by atoms with E-state index in [1.54, 1.807) is 23.5 Å². The van der Waals surface area contributed by atoms with Gasteiger partial charge in [0.05, 0.1) is 20.8 Å². The molecule has 2 heterocycles. The number of hydrogen-bond donors (Lipinski definition) is 1. The molecule has 2 aromatic rings. The lowest BCUT2D eigenvalue weighted by Gasteiger charge is -2.16. The first-order valence-corrected chi connectivity index (χ1v) is 10.7. The number of fused-ring (bicyclic) bond motifs is 1. The Morgan fingerprint density at radius 2 is 2.00 bits per heavy atom. The number of nitrogens with one attached hydrogen (secondary N) is 1. The monoisotopic (exact) mass is 431 g/mol. The van der Waals surface area contributed by atoms with E-state index in [0.29, 0.717) is 43.9 Å². The van der Waals surface area contributed by atoms with Crippen LogP contribution in [0.4, 0.5) is 0 Å². The van der Waals surface area contributed by atoms with Crippen molar-refractivity contribution >= 4 is 5.91 Å². The van der Waals surface area contributed by atoms with Crippen LogP contribution in [0.5, 0.6) is 11.5 Å². The number of aromatic nitrogens is 3. The number of methoxy groups -OCH3 is 2. The maximum atomic E-state index is 12.6. The van der Waals surface area contributed by atoms with Crippen molar-refractivity contribution < 1.29 is 14.3 Å². The van der Waals surface area contributed by atoms with Crippen LogP contribution < -0.4 is 20.5 Å². The quantitative estimate of drug-likeness (QED) is 0.639. The maximum Gasteiger partial charge on any atom is 0.345 e. The molecule has 0 aliphatic carbocycles. The molecule has 0 spiro atoms. The molecule has 9 heteroatoms. The number of carbonyl (C=O) groups is 1. The molecular formula is C22H33N5O4. The zero-order valence-corrected chi connectivity index (χ0v) is 18.9. The second-order valence-corrected chi connectivity index (χ2v) is 8.16. The Balaban J connectivity index is 1.51. The number of amides is 1. The third kappa shape index (κ3) is 5.88. The molecule has 1 aromatic carbocycles. The van der Waals surface area contributed by atoms with Gasteiger partial charge in [0, 0.05) is 32.0 Å². The predicted molar refractivity (Wildman–Crippen MR) is 118 cm³/mol. The minimum atomic E-state index is -0.0581. The number of nitrogens with zero attached hydrogens (tertiary/aromatic N) is 4. The van der Waals surface area contributed by atoms with Crippen LogP contribution in [0.1, 0.15) is 30.7 Å². The van der Waals surface area contributed by atoms with E-state index in [2.05, 4.69) is 10.4 Å². The Morgan fingerprint density at radius 1 is 1.23 bits per heavy atom. The Hall–Kier alpha value is -2.81. The van der Waals surface area contributed by atoms with E-state index in [-0.39, 0.29) is 17.6 Å². The molecule has 1 N–H and O–H groups in total. The van der Waals surface area contributed by atoms with Gasteiger partial charge in [0.15, 0.2) is 11.5 Å². The van der Waals surface area contributed by atoms with Gasteiger partial charge >= 0.3 is 5.69 Å². The van der Waals surface area contributed by atoms with Crippen LogP contribution in [0.2, 0.25) is 0 Å². The fourth-order valence-corrected chi connectivity index (χ4v) is 3.81. The average Bonchev–Trinajstić information content (AvgIpc) is 2.92. The number of benzene rings is 1. The van der Waals surface area contributed by atoms with Crippen molar-refractivity contribution in [3.63, 3.8) is 0 Å². The lowest BCUT2D eigenvalue weighted by Crippen LogP contribution is -2.36. The zero-order chi connectivity index (χ0) is 22.4. The van der Waals surface area contributed by atoms with Gasteiger partial charge in [-0.25, -0.2) is 9.48 Å². The van der Waals surface area contributed by atoms with Gasteiger partial charge in [-0.1, -0.05) is 6.07 Å². The molecule has 1 aliphatic rings. The molecule has 1 aliphatic heterocycles. The van der Waals surface area contributed by atoms with E-state index < -0.39 is 0 Å². The van der Waals surface area contributed by atoms with Crippen molar-refractivity contribution in [2.24, 2.45) is 0 Å². The first kappa shape index (κ1) is 22.9. The summed E-state index contributed by atoms with van der Waals surface area (Å²) >= 11 is 0. The summed E-state index contributed by atoms with van der Waals surface area (Å²) in [5.74, 6) is 2.16. The average molecular weight is 432 g/mol. The summed E-state index contributed by atoms with van der Waals surface area (Å²) in [7, 11) is 7.15. The van der Waals surface area contributed by atoms with Gasteiger partial charge in [0.2, 0.25) is 5.91 Å². The highest BCUT2D eigenvalue weighted by Crippen LogP contribution is 2.28. The van der Waals surface area contributed by atoms with Crippen molar-refractivity contribution in [1.82, 2.24) is 24.6 Å². The van der Waals surface area contributed by atoms with E-state index in [4.69, 9.17) is 9.47 Å². The molecule has 1 atom stereocenters.